The first-order valence-corrected chi connectivity index (χ1v) is 12.0. The Hall–Kier alpha value is -4.16. The van der Waals surface area contributed by atoms with Gasteiger partial charge in [0, 0.05) is 32.0 Å². The van der Waals surface area contributed by atoms with Gasteiger partial charge in [-0.15, -0.1) is 0 Å². The van der Waals surface area contributed by atoms with E-state index in [1.54, 1.807) is 18.2 Å². The van der Waals surface area contributed by atoms with Gasteiger partial charge in [0.25, 0.3) is 0 Å². The number of methoxy groups -OCH3 is 1. The first-order chi connectivity index (χ1) is 17.4. The highest BCUT2D eigenvalue weighted by molar-refractivity contribution is 5.93. The molecule has 9 nitrogen and oxygen atoms in total. The van der Waals surface area contributed by atoms with Crippen LogP contribution >= 0.6 is 0 Å². The van der Waals surface area contributed by atoms with E-state index in [9.17, 15) is 4.79 Å². The van der Waals surface area contributed by atoms with E-state index in [0.717, 1.165) is 39.6 Å². The third-order valence-corrected chi connectivity index (χ3v) is 6.83. The van der Waals surface area contributed by atoms with Crippen molar-refractivity contribution in [2.24, 2.45) is 0 Å². The summed E-state index contributed by atoms with van der Waals surface area (Å²) in [7, 11) is 1.64. The first kappa shape index (κ1) is 23.6. The van der Waals surface area contributed by atoms with Gasteiger partial charge in [-0.2, -0.15) is 5.10 Å². The molecule has 0 bridgehead atoms. The van der Waals surface area contributed by atoms with Crippen molar-refractivity contribution >= 4 is 33.7 Å². The predicted octanol–water partition coefficient (Wildman–Crippen LogP) is 3.07. The van der Waals surface area contributed by atoms with Crippen LogP contribution < -0.4 is 5.73 Å². The molecule has 0 unspecified atom stereocenters. The normalized spacial score (nSPS) is 17.5. The van der Waals surface area contributed by atoms with Crippen molar-refractivity contribution in [2.75, 3.05) is 26.0 Å². The number of nitrogens with two attached hydrogens (primary N) is 1. The number of ether oxygens (including phenoxy) is 1. The maximum Gasteiger partial charge on any atom is 0.246 e. The Morgan fingerprint density at radius 2 is 2.14 bits per heavy atom. The number of rotatable bonds is 5. The summed E-state index contributed by atoms with van der Waals surface area (Å²) >= 11 is 0. The average molecular weight is 484 g/mol. The molecule has 0 saturated carbocycles. The second kappa shape index (κ2) is 9.47. The van der Waals surface area contributed by atoms with Crippen LogP contribution in [0.4, 0.5) is 5.82 Å². The van der Waals surface area contributed by atoms with E-state index in [-0.39, 0.29) is 18.0 Å². The van der Waals surface area contributed by atoms with E-state index < -0.39 is 0 Å². The molecular formula is C27H29N7O2. The number of imidazole rings is 1. The minimum Gasteiger partial charge on any atom is -0.383 e. The Labute approximate surface area is 209 Å². The fourth-order valence-corrected chi connectivity index (χ4v) is 5.01. The largest absolute Gasteiger partial charge is 0.383 e. The number of hydrogen-bond donors (Lipinski definition) is 1. The van der Waals surface area contributed by atoms with Crippen LogP contribution in [-0.2, 0) is 16.1 Å². The van der Waals surface area contributed by atoms with Crippen LogP contribution in [0.5, 0.6) is 0 Å². The zero-order valence-electron chi connectivity index (χ0n) is 20.7. The first-order valence-electron chi connectivity index (χ1n) is 12.0. The van der Waals surface area contributed by atoms with Crippen molar-refractivity contribution in [3.8, 4) is 11.8 Å². The third-order valence-electron chi connectivity index (χ3n) is 6.83. The smallest absolute Gasteiger partial charge is 0.246 e. The van der Waals surface area contributed by atoms with Gasteiger partial charge in [-0.1, -0.05) is 12.5 Å². The second-order valence-electron chi connectivity index (χ2n) is 9.01. The van der Waals surface area contributed by atoms with Crippen molar-refractivity contribution < 1.29 is 9.53 Å². The summed E-state index contributed by atoms with van der Waals surface area (Å²) in [6.45, 7) is 9.59. The van der Waals surface area contributed by atoms with Gasteiger partial charge in [-0.3, -0.25) is 9.48 Å². The van der Waals surface area contributed by atoms with Crippen molar-refractivity contribution in [3.05, 3.63) is 60.2 Å². The topological polar surface area (TPSA) is 104 Å². The number of aromatic nitrogens is 5. The summed E-state index contributed by atoms with van der Waals surface area (Å²) in [5, 5.41) is 5.59. The molecule has 1 amide bonds. The summed E-state index contributed by atoms with van der Waals surface area (Å²) < 4.78 is 9.40. The summed E-state index contributed by atoms with van der Waals surface area (Å²) in [5.41, 5.74) is 11.6. The van der Waals surface area contributed by atoms with Gasteiger partial charge in [0.15, 0.2) is 0 Å². The molecule has 0 radical (unpaired) electrons. The van der Waals surface area contributed by atoms with Gasteiger partial charge in [0.1, 0.15) is 11.5 Å². The van der Waals surface area contributed by atoms with Crippen molar-refractivity contribution in [2.45, 2.75) is 38.9 Å². The maximum atomic E-state index is 12.5. The molecule has 1 aliphatic rings. The number of carbonyl (C=O) groups excluding carboxylic acids is 1. The van der Waals surface area contributed by atoms with Crippen LogP contribution in [0.25, 0.3) is 21.9 Å². The standard InChI is InChI=1S/C27H29N7O2/c1-5-25(35)33-14-19(13-20(33)15-36-4)34-23-9-10-29-27(28)26(23)21(31-34)8-7-18-12-22-24(11-17(18)3)32(6-2)16-30-22/h5,9-12,16,19-20H,1,6,13-15H2,2-4H3,(H2,28,29)/t19-,20+/m0/s1. The number of likely N-dealkylation sites (tertiary alicyclic amines) is 1. The molecule has 1 saturated heterocycles. The highest BCUT2D eigenvalue weighted by Crippen LogP contribution is 2.32. The minimum atomic E-state index is -0.117. The molecule has 36 heavy (non-hydrogen) atoms. The summed E-state index contributed by atoms with van der Waals surface area (Å²) in [6.07, 6.45) is 5.56. The van der Waals surface area contributed by atoms with Gasteiger partial charge in [0.2, 0.25) is 5.91 Å². The van der Waals surface area contributed by atoms with Gasteiger partial charge < -0.3 is 19.9 Å². The van der Waals surface area contributed by atoms with Crippen LogP contribution in [0.2, 0.25) is 0 Å². The fourth-order valence-electron chi connectivity index (χ4n) is 5.01. The van der Waals surface area contributed by atoms with Crippen molar-refractivity contribution in [1.82, 2.24) is 29.2 Å². The van der Waals surface area contributed by atoms with Crippen LogP contribution in [0.3, 0.4) is 0 Å². The summed E-state index contributed by atoms with van der Waals surface area (Å²) in [6, 6.07) is 5.90. The molecule has 4 aromatic rings. The van der Waals surface area contributed by atoms with E-state index in [1.807, 2.05) is 30.1 Å². The van der Waals surface area contributed by atoms with Crippen LogP contribution in [0, 0.1) is 18.8 Å². The van der Waals surface area contributed by atoms with E-state index >= 15 is 0 Å². The number of nitrogen functional groups attached to an aromatic ring is 1. The molecule has 184 valence electrons. The molecule has 5 rings (SSSR count). The van der Waals surface area contributed by atoms with E-state index in [0.29, 0.717) is 31.1 Å². The zero-order chi connectivity index (χ0) is 25.4. The Kier molecular flexibility index (Phi) is 6.20. The third kappa shape index (κ3) is 3.99. The molecule has 4 heterocycles. The number of carbonyl (C=O) groups is 1. The number of amides is 1. The summed E-state index contributed by atoms with van der Waals surface area (Å²) in [5.74, 6) is 6.78. The molecule has 3 aromatic heterocycles. The SMILES string of the molecule is C=CC(=O)N1C[C@@H](n2nc(C#Cc3cc4ncn(CC)c4cc3C)c3c(N)nccc32)C[C@@H]1COC. The molecule has 2 atom stereocenters. The van der Waals surface area contributed by atoms with E-state index in [1.165, 1.54) is 6.08 Å². The number of pyridine rings is 1. The van der Waals surface area contributed by atoms with E-state index in [4.69, 9.17) is 15.6 Å². The van der Waals surface area contributed by atoms with Crippen LogP contribution in [0.1, 0.15) is 36.2 Å². The lowest BCUT2D eigenvalue weighted by Crippen LogP contribution is -2.37. The molecule has 0 aliphatic carbocycles. The lowest BCUT2D eigenvalue weighted by atomic mass is 10.1. The zero-order valence-corrected chi connectivity index (χ0v) is 20.7. The quantitative estimate of drug-likeness (QED) is 0.346. The van der Waals surface area contributed by atoms with Crippen LogP contribution in [0.15, 0.2) is 43.4 Å². The number of aryl methyl sites for hydroxylation is 2. The number of anilines is 1. The minimum absolute atomic E-state index is 0.0509. The molecule has 9 heteroatoms. The van der Waals surface area contributed by atoms with Gasteiger partial charge in [-0.05, 0) is 56.0 Å². The van der Waals surface area contributed by atoms with Gasteiger partial charge >= 0.3 is 0 Å². The number of fused-ring (bicyclic) bond motifs is 2. The van der Waals surface area contributed by atoms with Gasteiger partial charge in [0.05, 0.1) is 47.0 Å². The molecule has 0 spiro atoms. The highest BCUT2D eigenvalue weighted by Gasteiger charge is 2.36. The predicted molar refractivity (Wildman–Crippen MR) is 139 cm³/mol. The Morgan fingerprint density at radius 3 is 2.89 bits per heavy atom. The second-order valence-corrected chi connectivity index (χ2v) is 9.01. The molecule has 1 fully saturated rings. The van der Waals surface area contributed by atoms with Gasteiger partial charge in [-0.25, -0.2) is 9.97 Å². The van der Waals surface area contributed by atoms with Crippen molar-refractivity contribution in [3.63, 3.8) is 0 Å². The lowest BCUT2D eigenvalue weighted by Gasteiger charge is -2.22. The lowest BCUT2D eigenvalue weighted by molar-refractivity contribution is -0.127. The molecule has 2 N–H and O–H groups in total. The Balaban J connectivity index is 1.56. The fraction of sp³-hybridized carbons (Fsp3) is 0.333. The van der Waals surface area contributed by atoms with E-state index in [2.05, 4.69) is 45.9 Å². The molecule has 1 aromatic carbocycles. The Morgan fingerprint density at radius 1 is 1.31 bits per heavy atom. The Bertz CT molecular complexity index is 1540. The maximum absolute atomic E-state index is 12.5. The summed E-state index contributed by atoms with van der Waals surface area (Å²) in [4.78, 5) is 23.1. The number of hydrogen-bond acceptors (Lipinski definition) is 6. The molecular weight excluding hydrogens is 454 g/mol. The highest BCUT2D eigenvalue weighted by atomic mass is 16.5. The average Bonchev–Trinajstić information content (AvgIpc) is 3.58. The number of nitrogens with zero attached hydrogens (tertiary/aromatic N) is 6. The molecule has 1 aliphatic heterocycles. The monoisotopic (exact) mass is 483 g/mol. The van der Waals surface area contributed by atoms with Crippen molar-refractivity contribution in [1.29, 1.82) is 0 Å². The van der Waals surface area contributed by atoms with Crippen LogP contribution in [-0.4, -0.2) is 61.4 Å². The number of benzene rings is 1.